The van der Waals surface area contributed by atoms with Crippen molar-refractivity contribution in [3.8, 4) is 6.07 Å². The molecule has 0 unspecified atom stereocenters. The second-order valence-corrected chi connectivity index (χ2v) is 4.53. The molecule has 1 aromatic heterocycles. The number of hydrogen-bond donors (Lipinski definition) is 4. The third-order valence-electron chi connectivity index (χ3n) is 3.25. The van der Waals surface area contributed by atoms with E-state index in [-0.39, 0.29) is 0 Å². The zero-order valence-corrected chi connectivity index (χ0v) is 10.5. The normalized spacial score (nSPS) is 32.6. The van der Waals surface area contributed by atoms with E-state index in [1.54, 1.807) is 11.1 Å². The molecule has 114 valence electrons. The first-order valence-electron chi connectivity index (χ1n) is 5.93. The average Bonchev–Trinajstić information content (AvgIpc) is 2.44. The van der Waals surface area contributed by atoms with Gasteiger partial charge in [0.2, 0.25) is 5.82 Å². The number of rotatable bonds is 2. The number of hydrogen-bond acceptors (Lipinski definition) is 7. The first-order chi connectivity index (χ1) is 9.90. The molecule has 1 saturated heterocycles. The van der Waals surface area contributed by atoms with Crippen LogP contribution in [0.2, 0.25) is 0 Å². The number of H-pyrrole nitrogens is 1. The summed E-state index contributed by atoms with van der Waals surface area (Å²) in [6.07, 6.45) is -5.39. The Kier molecular flexibility index (Phi) is 4.19. The molecule has 1 aliphatic rings. The Morgan fingerprint density at radius 1 is 1.43 bits per heavy atom. The number of ether oxygens (including phenoxy) is 1. The molecule has 5 atom stereocenters. The molecule has 0 aromatic carbocycles. The fourth-order valence-corrected chi connectivity index (χ4v) is 2.13. The van der Waals surface area contributed by atoms with E-state index in [4.69, 9.17) is 15.1 Å². The van der Waals surface area contributed by atoms with Crippen LogP contribution in [0.5, 0.6) is 0 Å². The zero-order valence-electron chi connectivity index (χ0n) is 10.5. The third kappa shape index (κ3) is 2.59. The molecular formula is C11H12FN3O6. The topological polar surface area (TPSA) is 149 Å². The number of aromatic nitrogens is 2. The molecule has 4 N–H and O–H groups in total. The lowest BCUT2D eigenvalue weighted by Gasteiger charge is -2.39. The first-order valence-corrected chi connectivity index (χ1v) is 5.93. The maximum Gasteiger partial charge on any atom is 0.330 e. The Morgan fingerprint density at radius 2 is 2.10 bits per heavy atom. The molecule has 0 amide bonds. The third-order valence-corrected chi connectivity index (χ3v) is 3.25. The van der Waals surface area contributed by atoms with Crippen LogP contribution in [-0.4, -0.2) is 49.8 Å². The molecule has 2 rings (SSSR count). The van der Waals surface area contributed by atoms with Crippen LogP contribution in [0.15, 0.2) is 15.8 Å². The van der Waals surface area contributed by atoms with Gasteiger partial charge in [0.05, 0.1) is 18.9 Å². The van der Waals surface area contributed by atoms with Crippen molar-refractivity contribution < 1.29 is 24.4 Å². The summed E-state index contributed by atoms with van der Waals surface area (Å²) in [5.74, 6) is -2.65. The minimum absolute atomic E-state index is 0.523. The van der Waals surface area contributed by atoms with E-state index in [9.17, 15) is 24.2 Å². The van der Waals surface area contributed by atoms with Crippen LogP contribution in [0.1, 0.15) is 6.23 Å². The fraction of sp³-hybridized carbons (Fsp3) is 0.545. The van der Waals surface area contributed by atoms with E-state index in [1.807, 2.05) is 0 Å². The van der Waals surface area contributed by atoms with Crippen molar-refractivity contribution in [1.29, 1.82) is 5.26 Å². The van der Waals surface area contributed by atoms with Gasteiger partial charge in [-0.2, -0.15) is 9.65 Å². The van der Waals surface area contributed by atoms with Gasteiger partial charge in [-0.15, -0.1) is 0 Å². The highest BCUT2D eigenvalue weighted by Gasteiger charge is 2.45. The van der Waals surface area contributed by atoms with Crippen LogP contribution < -0.4 is 11.2 Å². The highest BCUT2D eigenvalue weighted by atomic mass is 19.1. The van der Waals surface area contributed by atoms with Crippen molar-refractivity contribution in [2.24, 2.45) is 5.92 Å². The molecular weight excluding hydrogens is 289 g/mol. The van der Waals surface area contributed by atoms with Gasteiger partial charge in [0.15, 0.2) is 6.23 Å². The Hall–Kier alpha value is -2.06. The van der Waals surface area contributed by atoms with Crippen molar-refractivity contribution in [1.82, 2.24) is 9.55 Å². The minimum Gasteiger partial charge on any atom is -0.394 e. The SMILES string of the molecule is N#C[C@H]1[C@@H](O)[C@H](n2cc(F)c(=O)[nH]c2=O)O[C@H](CO)[C@H]1O. The number of halogens is 1. The molecule has 9 nitrogen and oxygen atoms in total. The second kappa shape index (κ2) is 5.74. The van der Waals surface area contributed by atoms with Crippen LogP contribution in [-0.2, 0) is 4.74 Å². The van der Waals surface area contributed by atoms with E-state index in [0.29, 0.717) is 10.8 Å². The van der Waals surface area contributed by atoms with Gasteiger partial charge in [-0.1, -0.05) is 0 Å². The van der Waals surface area contributed by atoms with Crippen LogP contribution >= 0.6 is 0 Å². The molecule has 0 saturated carbocycles. The molecule has 0 spiro atoms. The molecule has 0 aliphatic carbocycles. The standard InChI is InChI=1S/C11H12FN3O6/c12-5-2-15(11(20)14-9(5)19)10-8(18)4(1-13)7(17)6(3-16)21-10/h2,4,6-8,10,16-18H,3H2,(H,14,19,20)/t4-,6-,7+,8-,10-/m1/s1. The van der Waals surface area contributed by atoms with Gasteiger partial charge in [-0.05, 0) is 0 Å². The number of aromatic amines is 1. The molecule has 0 radical (unpaired) electrons. The van der Waals surface area contributed by atoms with Crippen LogP contribution in [0.25, 0.3) is 0 Å². The van der Waals surface area contributed by atoms with E-state index in [2.05, 4.69) is 0 Å². The van der Waals surface area contributed by atoms with Crippen molar-refractivity contribution in [2.45, 2.75) is 24.5 Å². The van der Waals surface area contributed by atoms with Gasteiger partial charge in [-0.3, -0.25) is 14.3 Å². The van der Waals surface area contributed by atoms with Crippen LogP contribution in [0.3, 0.4) is 0 Å². The predicted molar refractivity (Wildman–Crippen MR) is 63.4 cm³/mol. The van der Waals surface area contributed by atoms with Crippen molar-refractivity contribution >= 4 is 0 Å². The molecule has 1 aliphatic heterocycles. The molecule has 1 fully saturated rings. The van der Waals surface area contributed by atoms with Gasteiger partial charge in [0, 0.05) is 0 Å². The number of nitrogens with one attached hydrogen (secondary N) is 1. The smallest absolute Gasteiger partial charge is 0.330 e. The molecule has 1 aromatic rings. The van der Waals surface area contributed by atoms with Crippen molar-refractivity contribution in [3.05, 3.63) is 32.9 Å². The maximum absolute atomic E-state index is 13.3. The quantitative estimate of drug-likeness (QED) is 0.469. The minimum atomic E-state index is -1.66. The van der Waals surface area contributed by atoms with E-state index < -0.39 is 54.1 Å². The number of aliphatic hydroxyl groups is 3. The average molecular weight is 301 g/mol. The molecule has 21 heavy (non-hydrogen) atoms. The zero-order chi connectivity index (χ0) is 15.7. The first kappa shape index (κ1) is 15.3. The molecule has 0 bridgehead atoms. The summed E-state index contributed by atoms with van der Waals surface area (Å²) in [6.45, 7) is -0.677. The number of nitrogens with zero attached hydrogens (tertiary/aromatic N) is 2. The largest absolute Gasteiger partial charge is 0.394 e. The summed E-state index contributed by atoms with van der Waals surface area (Å²) >= 11 is 0. The summed E-state index contributed by atoms with van der Waals surface area (Å²) in [5.41, 5.74) is -2.30. The van der Waals surface area contributed by atoms with E-state index in [0.717, 1.165) is 0 Å². The molecule has 10 heteroatoms. The highest BCUT2D eigenvalue weighted by molar-refractivity contribution is 5.02. The summed E-state index contributed by atoms with van der Waals surface area (Å²) in [6, 6.07) is 1.64. The van der Waals surface area contributed by atoms with Gasteiger partial charge >= 0.3 is 5.69 Å². The predicted octanol–water partition coefficient (Wildman–Crippen LogP) is -2.57. The lowest BCUT2D eigenvalue weighted by atomic mass is 9.89. The van der Waals surface area contributed by atoms with Gasteiger partial charge in [-0.25, -0.2) is 4.79 Å². The van der Waals surface area contributed by atoms with Crippen LogP contribution in [0, 0.1) is 23.1 Å². The van der Waals surface area contributed by atoms with Gasteiger partial charge in [0.25, 0.3) is 5.56 Å². The highest BCUT2D eigenvalue weighted by Crippen LogP contribution is 2.31. The van der Waals surface area contributed by atoms with Gasteiger partial charge in [0.1, 0.15) is 24.2 Å². The van der Waals surface area contributed by atoms with Gasteiger partial charge < -0.3 is 20.1 Å². The molecule has 2 heterocycles. The fourth-order valence-electron chi connectivity index (χ4n) is 2.13. The lowest BCUT2D eigenvalue weighted by molar-refractivity contribution is -0.224. The summed E-state index contributed by atoms with van der Waals surface area (Å²) in [5, 5.41) is 37.8. The summed E-state index contributed by atoms with van der Waals surface area (Å²) in [7, 11) is 0. The summed E-state index contributed by atoms with van der Waals surface area (Å²) < 4.78 is 19.0. The van der Waals surface area contributed by atoms with Crippen molar-refractivity contribution in [2.75, 3.05) is 6.61 Å². The Bertz CT molecular complexity index is 680. The Balaban J connectivity index is 2.48. The van der Waals surface area contributed by atoms with Crippen LogP contribution in [0.4, 0.5) is 4.39 Å². The van der Waals surface area contributed by atoms with Crippen molar-refractivity contribution in [3.63, 3.8) is 0 Å². The van der Waals surface area contributed by atoms with E-state index >= 15 is 0 Å². The Morgan fingerprint density at radius 3 is 2.67 bits per heavy atom. The second-order valence-electron chi connectivity index (χ2n) is 4.53. The number of aliphatic hydroxyl groups excluding tert-OH is 3. The van der Waals surface area contributed by atoms with E-state index in [1.165, 1.54) is 0 Å². The lowest BCUT2D eigenvalue weighted by Crippen LogP contribution is -2.54. The summed E-state index contributed by atoms with van der Waals surface area (Å²) in [4.78, 5) is 24.3. The maximum atomic E-state index is 13.3. The number of nitriles is 1. The Labute approximate surface area is 116 Å². The monoisotopic (exact) mass is 301 g/mol.